The molecule has 3 aromatic rings. The minimum Gasteiger partial charge on any atom is -0.487 e. The maximum absolute atomic E-state index is 13.2. The average molecular weight is 804 g/mol. The second kappa shape index (κ2) is 11.4. The van der Waals surface area contributed by atoms with Crippen molar-refractivity contribution >= 4 is 97.4 Å². The number of barbiturate groups is 1. The lowest BCUT2D eigenvalue weighted by molar-refractivity contribution is -0.122. The normalized spacial score (nSPS) is 14.9. The molecule has 9 heteroatoms. The lowest BCUT2D eigenvalue weighted by Crippen LogP contribution is -2.54. The fourth-order valence-corrected chi connectivity index (χ4v) is 5.96. The molecular weight excluding hydrogens is 785 g/mol. The van der Waals surface area contributed by atoms with Gasteiger partial charge in [0.2, 0.25) is 0 Å². The van der Waals surface area contributed by atoms with Gasteiger partial charge in [0.05, 0.1) is 12.8 Å². The van der Waals surface area contributed by atoms with E-state index < -0.39 is 17.8 Å². The molecule has 178 valence electrons. The quantitative estimate of drug-likeness (QED) is 0.180. The van der Waals surface area contributed by atoms with E-state index in [-0.39, 0.29) is 5.57 Å². The van der Waals surface area contributed by atoms with Gasteiger partial charge in [0, 0.05) is 3.57 Å². The number of halogens is 3. The molecule has 6 nitrogen and oxygen atoms in total. The Morgan fingerprint density at radius 3 is 2.09 bits per heavy atom. The third-order valence-electron chi connectivity index (χ3n) is 5.33. The van der Waals surface area contributed by atoms with E-state index in [1.54, 1.807) is 12.1 Å². The number of carbonyl (C=O) groups is 3. The summed E-state index contributed by atoms with van der Waals surface area (Å²) in [4.78, 5) is 39.2. The summed E-state index contributed by atoms with van der Waals surface area (Å²) < 4.78 is 8.90. The van der Waals surface area contributed by atoms with Crippen molar-refractivity contribution < 1.29 is 19.1 Å². The van der Waals surface area contributed by atoms with Crippen LogP contribution in [0.25, 0.3) is 6.08 Å². The zero-order valence-corrected chi connectivity index (χ0v) is 25.0. The number of hydrogen-bond donors (Lipinski definition) is 1. The predicted molar refractivity (Wildman–Crippen MR) is 160 cm³/mol. The average Bonchev–Trinajstić information content (AvgIpc) is 2.82. The number of ether oxygens (including phenoxy) is 1. The fraction of sp³-hybridized carbons (Fsp3) is 0.115. The highest BCUT2D eigenvalue weighted by atomic mass is 127. The van der Waals surface area contributed by atoms with Crippen LogP contribution in [-0.2, 0) is 22.6 Å². The van der Waals surface area contributed by atoms with E-state index >= 15 is 0 Å². The van der Waals surface area contributed by atoms with Gasteiger partial charge in [0.25, 0.3) is 11.8 Å². The molecule has 0 saturated carbocycles. The zero-order chi connectivity index (χ0) is 25.1. The number of urea groups is 1. The van der Waals surface area contributed by atoms with Crippen LogP contribution in [0.4, 0.5) is 10.5 Å². The molecule has 0 aliphatic carbocycles. The summed E-state index contributed by atoms with van der Waals surface area (Å²) in [5, 5.41) is 2.27. The van der Waals surface area contributed by atoms with Gasteiger partial charge in [-0.15, -0.1) is 0 Å². The van der Waals surface area contributed by atoms with Gasteiger partial charge < -0.3 is 4.74 Å². The van der Waals surface area contributed by atoms with E-state index in [1.807, 2.05) is 55.5 Å². The second-order valence-corrected chi connectivity index (χ2v) is 11.3. The van der Waals surface area contributed by atoms with Crippen LogP contribution in [0.1, 0.15) is 23.6 Å². The summed E-state index contributed by atoms with van der Waals surface area (Å²) in [7, 11) is 0. The van der Waals surface area contributed by atoms with Crippen LogP contribution in [0.15, 0.2) is 66.2 Å². The van der Waals surface area contributed by atoms with Crippen LogP contribution in [0.2, 0.25) is 0 Å². The number of benzene rings is 3. The topological polar surface area (TPSA) is 75.7 Å². The van der Waals surface area contributed by atoms with E-state index in [2.05, 4.69) is 73.1 Å². The number of carbonyl (C=O) groups excluding carboxylic acids is 3. The number of amides is 4. The molecule has 0 atom stereocenters. The third kappa shape index (κ3) is 6.05. The highest BCUT2D eigenvalue weighted by molar-refractivity contribution is 14.1. The first-order valence-corrected chi connectivity index (χ1v) is 13.9. The summed E-state index contributed by atoms with van der Waals surface area (Å²) in [6, 6.07) is 18.2. The molecular formula is C26H19I3N2O4. The maximum Gasteiger partial charge on any atom is 0.335 e. The number of hydrogen-bond acceptors (Lipinski definition) is 4. The Balaban J connectivity index is 1.59. The van der Waals surface area contributed by atoms with Crippen LogP contribution < -0.4 is 15.0 Å². The Morgan fingerprint density at radius 1 is 0.886 bits per heavy atom. The molecule has 0 aromatic heterocycles. The Labute approximate surface area is 243 Å². The van der Waals surface area contributed by atoms with Crippen molar-refractivity contribution in [2.24, 2.45) is 0 Å². The van der Waals surface area contributed by atoms with Crippen LogP contribution in [0.5, 0.6) is 5.75 Å². The molecule has 1 aliphatic heterocycles. The summed E-state index contributed by atoms with van der Waals surface area (Å²) in [6.45, 7) is 2.45. The van der Waals surface area contributed by atoms with Gasteiger partial charge >= 0.3 is 6.03 Å². The van der Waals surface area contributed by atoms with Gasteiger partial charge in [-0.25, -0.2) is 9.69 Å². The molecule has 0 unspecified atom stereocenters. The van der Waals surface area contributed by atoms with Gasteiger partial charge in [-0.3, -0.25) is 14.9 Å². The Kier molecular flexibility index (Phi) is 8.47. The second-order valence-electron chi connectivity index (χ2n) is 7.71. The highest BCUT2D eigenvalue weighted by Crippen LogP contribution is 2.31. The first-order valence-electron chi connectivity index (χ1n) is 10.6. The minimum atomic E-state index is -0.759. The molecule has 1 N–H and O–H groups in total. The van der Waals surface area contributed by atoms with Gasteiger partial charge in [0.15, 0.2) is 0 Å². The number of nitrogens with one attached hydrogen (secondary N) is 1. The minimum absolute atomic E-state index is 0.108. The van der Waals surface area contributed by atoms with E-state index in [4.69, 9.17) is 4.74 Å². The Morgan fingerprint density at radius 2 is 1.49 bits per heavy atom. The Bertz CT molecular complexity index is 1310. The van der Waals surface area contributed by atoms with E-state index in [1.165, 1.54) is 6.08 Å². The molecule has 3 aromatic carbocycles. The number of anilines is 1. The maximum atomic E-state index is 13.2. The van der Waals surface area contributed by atoms with Crippen LogP contribution in [0.3, 0.4) is 0 Å². The number of nitrogens with zero attached hydrogens (tertiary/aromatic N) is 1. The highest BCUT2D eigenvalue weighted by Gasteiger charge is 2.36. The number of rotatable bonds is 6. The van der Waals surface area contributed by atoms with Crippen LogP contribution >= 0.6 is 67.8 Å². The number of imide groups is 2. The molecule has 0 spiro atoms. The van der Waals surface area contributed by atoms with E-state index in [0.29, 0.717) is 17.9 Å². The van der Waals surface area contributed by atoms with E-state index in [9.17, 15) is 14.4 Å². The summed E-state index contributed by atoms with van der Waals surface area (Å²) in [5.74, 6) is -0.642. The molecule has 35 heavy (non-hydrogen) atoms. The molecule has 4 rings (SSSR count). The fourth-order valence-electron chi connectivity index (χ4n) is 3.48. The molecule has 1 saturated heterocycles. The van der Waals surface area contributed by atoms with Crippen molar-refractivity contribution in [3.8, 4) is 5.75 Å². The van der Waals surface area contributed by atoms with Crippen molar-refractivity contribution in [1.29, 1.82) is 0 Å². The molecule has 1 fully saturated rings. The third-order valence-corrected chi connectivity index (χ3v) is 7.65. The van der Waals surface area contributed by atoms with Crippen molar-refractivity contribution in [2.75, 3.05) is 4.90 Å². The Hall–Kier alpha value is -2.00. The summed E-state index contributed by atoms with van der Waals surface area (Å²) in [6.07, 6.45) is 2.34. The molecule has 1 aliphatic rings. The van der Waals surface area contributed by atoms with Gasteiger partial charge in [-0.05, 0) is 133 Å². The zero-order valence-electron chi connectivity index (χ0n) is 18.5. The van der Waals surface area contributed by atoms with Gasteiger partial charge in [-0.2, -0.15) is 0 Å². The van der Waals surface area contributed by atoms with Crippen molar-refractivity contribution in [3.05, 3.63) is 93.6 Å². The van der Waals surface area contributed by atoms with E-state index in [0.717, 1.165) is 38.9 Å². The summed E-state index contributed by atoms with van der Waals surface area (Å²) in [5.41, 5.74) is 3.10. The largest absolute Gasteiger partial charge is 0.487 e. The monoisotopic (exact) mass is 804 g/mol. The first kappa shape index (κ1) is 26.1. The number of aryl methyl sites for hydroxylation is 1. The molecule has 0 radical (unpaired) electrons. The molecule has 4 amide bonds. The van der Waals surface area contributed by atoms with Crippen molar-refractivity contribution in [1.82, 2.24) is 5.32 Å². The smallest absolute Gasteiger partial charge is 0.335 e. The molecule has 1 heterocycles. The van der Waals surface area contributed by atoms with Gasteiger partial charge in [-0.1, -0.05) is 31.2 Å². The van der Waals surface area contributed by atoms with Gasteiger partial charge in [0.1, 0.15) is 17.9 Å². The lowest BCUT2D eigenvalue weighted by Gasteiger charge is -2.26. The molecule has 0 bridgehead atoms. The lowest BCUT2D eigenvalue weighted by atomic mass is 10.1. The van der Waals surface area contributed by atoms with Crippen molar-refractivity contribution in [2.45, 2.75) is 20.0 Å². The predicted octanol–water partition coefficient (Wildman–Crippen LogP) is 6.31. The van der Waals surface area contributed by atoms with Crippen LogP contribution in [0, 0.1) is 10.7 Å². The van der Waals surface area contributed by atoms with Crippen molar-refractivity contribution in [3.63, 3.8) is 0 Å². The van der Waals surface area contributed by atoms with Crippen LogP contribution in [-0.4, -0.2) is 17.8 Å². The summed E-state index contributed by atoms with van der Waals surface area (Å²) >= 11 is 6.62. The first-order chi connectivity index (χ1) is 16.8. The standard InChI is InChI=1S/C26H19I3N2O4/c1-2-15-5-9-19(10-6-15)31-25(33)20(24(32)30-26(31)34)11-17-12-21(28)23(22(29)13-17)35-14-16-3-7-18(27)8-4-16/h3-13H,2,14H2,1H3,(H,30,32,34)/b20-11-. The SMILES string of the molecule is CCc1ccc(N2C(=O)NC(=O)/C(=C/c3cc(I)c(OCc4ccc(I)cc4)c(I)c3)C2=O)cc1.